The lowest BCUT2D eigenvalue weighted by atomic mass is 10.1. The number of anilines is 2. The number of hydrogen-bond acceptors (Lipinski definition) is 3. The van der Waals surface area contributed by atoms with Gasteiger partial charge in [0.25, 0.3) is 0 Å². The van der Waals surface area contributed by atoms with Crippen LogP contribution in [0, 0.1) is 0 Å². The van der Waals surface area contributed by atoms with Gasteiger partial charge in [0.15, 0.2) is 0 Å². The van der Waals surface area contributed by atoms with E-state index in [1.54, 1.807) is 11.8 Å². The molecule has 0 saturated carbocycles. The number of amides is 1. The lowest BCUT2D eigenvalue weighted by Gasteiger charge is -2.26. The lowest BCUT2D eigenvalue weighted by molar-refractivity contribution is -0.117. The third-order valence-electron chi connectivity index (χ3n) is 2.44. The molecular formula is C11H14N2OS. The number of benzene rings is 1. The minimum atomic E-state index is -0.0904. The van der Waals surface area contributed by atoms with Crippen molar-refractivity contribution < 1.29 is 4.79 Å². The molecule has 1 aliphatic rings. The predicted molar refractivity (Wildman–Crippen MR) is 65.5 cm³/mol. The SMILES string of the molecule is CSCCC1Nc2ccccc2NC1=O. The van der Waals surface area contributed by atoms with Crippen molar-refractivity contribution in [3.05, 3.63) is 24.3 Å². The van der Waals surface area contributed by atoms with E-state index in [2.05, 4.69) is 16.9 Å². The van der Waals surface area contributed by atoms with E-state index in [0.29, 0.717) is 0 Å². The highest BCUT2D eigenvalue weighted by Gasteiger charge is 2.24. The Morgan fingerprint density at radius 2 is 2.07 bits per heavy atom. The van der Waals surface area contributed by atoms with Gasteiger partial charge in [-0.2, -0.15) is 11.8 Å². The van der Waals surface area contributed by atoms with Crippen LogP contribution in [0.4, 0.5) is 11.4 Å². The molecule has 1 aliphatic heterocycles. The molecule has 2 rings (SSSR count). The highest BCUT2D eigenvalue weighted by Crippen LogP contribution is 2.26. The molecule has 0 fully saturated rings. The van der Waals surface area contributed by atoms with Crippen LogP contribution in [-0.4, -0.2) is 24.0 Å². The van der Waals surface area contributed by atoms with Crippen molar-refractivity contribution in [2.75, 3.05) is 22.6 Å². The second kappa shape index (κ2) is 4.57. The van der Waals surface area contributed by atoms with E-state index in [1.807, 2.05) is 24.3 Å². The van der Waals surface area contributed by atoms with Crippen molar-refractivity contribution in [2.24, 2.45) is 0 Å². The first-order chi connectivity index (χ1) is 7.31. The van der Waals surface area contributed by atoms with Crippen LogP contribution in [0.2, 0.25) is 0 Å². The summed E-state index contributed by atoms with van der Waals surface area (Å²) in [4.78, 5) is 11.7. The molecule has 0 aromatic heterocycles. The van der Waals surface area contributed by atoms with Crippen LogP contribution in [0.5, 0.6) is 0 Å². The zero-order valence-corrected chi connectivity index (χ0v) is 9.43. The molecule has 1 heterocycles. The maximum atomic E-state index is 11.7. The molecule has 1 atom stereocenters. The van der Waals surface area contributed by atoms with Gasteiger partial charge in [-0.25, -0.2) is 0 Å². The zero-order valence-electron chi connectivity index (χ0n) is 8.62. The molecule has 0 spiro atoms. The fourth-order valence-electron chi connectivity index (χ4n) is 1.63. The summed E-state index contributed by atoms with van der Waals surface area (Å²) in [5.74, 6) is 1.07. The van der Waals surface area contributed by atoms with E-state index in [4.69, 9.17) is 0 Å². The fourth-order valence-corrected chi connectivity index (χ4v) is 2.10. The first-order valence-electron chi connectivity index (χ1n) is 4.96. The number of carbonyl (C=O) groups excluding carboxylic acids is 1. The van der Waals surface area contributed by atoms with Crippen LogP contribution in [0.15, 0.2) is 24.3 Å². The maximum Gasteiger partial charge on any atom is 0.246 e. The number of thioether (sulfide) groups is 1. The molecule has 3 nitrogen and oxygen atoms in total. The summed E-state index contributed by atoms with van der Waals surface area (Å²) >= 11 is 1.76. The first-order valence-corrected chi connectivity index (χ1v) is 6.36. The van der Waals surface area contributed by atoms with Crippen LogP contribution in [-0.2, 0) is 4.79 Å². The van der Waals surface area contributed by atoms with Gasteiger partial charge in [-0.1, -0.05) is 12.1 Å². The number of fused-ring (bicyclic) bond motifs is 1. The van der Waals surface area contributed by atoms with Gasteiger partial charge >= 0.3 is 0 Å². The molecule has 1 unspecified atom stereocenters. The van der Waals surface area contributed by atoms with E-state index in [0.717, 1.165) is 23.5 Å². The van der Waals surface area contributed by atoms with Gasteiger partial charge in [0, 0.05) is 0 Å². The Morgan fingerprint density at radius 1 is 1.33 bits per heavy atom. The summed E-state index contributed by atoms with van der Waals surface area (Å²) in [5.41, 5.74) is 1.89. The Hall–Kier alpha value is -1.16. The number of nitrogens with one attached hydrogen (secondary N) is 2. The fraction of sp³-hybridized carbons (Fsp3) is 0.364. The second-order valence-corrected chi connectivity index (χ2v) is 4.50. The van der Waals surface area contributed by atoms with E-state index in [9.17, 15) is 4.79 Å². The standard InChI is InChI=1S/C11H14N2OS/c1-15-7-6-10-11(14)13-9-5-3-2-4-8(9)12-10/h2-5,10,12H,6-7H2,1H3,(H,13,14). The van der Waals surface area contributed by atoms with Crippen LogP contribution in [0.1, 0.15) is 6.42 Å². The number of hydrogen-bond donors (Lipinski definition) is 2. The molecule has 0 saturated heterocycles. The number of para-hydroxylation sites is 2. The van der Waals surface area contributed by atoms with Crippen molar-refractivity contribution in [3.8, 4) is 0 Å². The average Bonchev–Trinajstić information content (AvgIpc) is 2.26. The predicted octanol–water partition coefficient (Wildman–Crippen LogP) is 2.17. The van der Waals surface area contributed by atoms with E-state index < -0.39 is 0 Å². The van der Waals surface area contributed by atoms with Crippen molar-refractivity contribution in [3.63, 3.8) is 0 Å². The van der Waals surface area contributed by atoms with Gasteiger partial charge < -0.3 is 10.6 Å². The van der Waals surface area contributed by atoms with Gasteiger partial charge in [-0.15, -0.1) is 0 Å². The minimum Gasteiger partial charge on any atom is -0.372 e. The Bertz CT molecular complexity index is 367. The second-order valence-electron chi connectivity index (χ2n) is 3.51. The summed E-state index contributed by atoms with van der Waals surface area (Å²) in [6.45, 7) is 0. The molecule has 1 amide bonds. The third kappa shape index (κ3) is 2.26. The molecule has 80 valence electrons. The quantitative estimate of drug-likeness (QED) is 0.823. The van der Waals surface area contributed by atoms with Crippen molar-refractivity contribution >= 4 is 29.0 Å². The van der Waals surface area contributed by atoms with E-state index >= 15 is 0 Å². The molecule has 15 heavy (non-hydrogen) atoms. The van der Waals surface area contributed by atoms with Gasteiger partial charge in [0.05, 0.1) is 11.4 Å². The monoisotopic (exact) mass is 222 g/mol. The van der Waals surface area contributed by atoms with Gasteiger partial charge in [-0.05, 0) is 30.6 Å². The molecule has 0 aliphatic carbocycles. The Balaban J connectivity index is 2.11. The molecule has 0 radical (unpaired) electrons. The van der Waals surface area contributed by atoms with E-state index in [1.165, 1.54) is 0 Å². The van der Waals surface area contributed by atoms with Crippen LogP contribution < -0.4 is 10.6 Å². The van der Waals surface area contributed by atoms with Crippen LogP contribution in [0.3, 0.4) is 0 Å². The topological polar surface area (TPSA) is 41.1 Å². The van der Waals surface area contributed by atoms with E-state index in [-0.39, 0.29) is 11.9 Å². The van der Waals surface area contributed by atoms with Gasteiger partial charge in [0.2, 0.25) is 5.91 Å². The minimum absolute atomic E-state index is 0.0720. The zero-order chi connectivity index (χ0) is 10.7. The molecular weight excluding hydrogens is 208 g/mol. The summed E-state index contributed by atoms with van der Waals surface area (Å²) < 4.78 is 0. The number of rotatable bonds is 3. The molecule has 1 aromatic carbocycles. The van der Waals surface area contributed by atoms with Gasteiger partial charge in [0.1, 0.15) is 6.04 Å². The molecule has 1 aromatic rings. The van der Waals surface area contributed by atoms with Crippen LogP contribution in [0.25, 0.3) is 0 Å². The molecule has 4 heteroatoms. The van der Waals surface area contributed by atoms with Crippen molar-refractivity contribution in [2.45, 2.75) is 12.5 Å². The summed E-state index contributed by atoms with van der Waals surface area (Å²) in [7, 11) is 0. The Kier molecular flexibility index (Phi) is 3.16. The first kappa shape index (κ1) is 10.4. The molecule has 2 N–H and O–H groups in total. The summed E-state index contributed by atoms with van der Waals surface area (Å²) in [5, 5.41) is 6.16. The normalized spacial score (nSPS) is 19.0. The average molecular weight is 222 g/mol. The smallest absolute Gasteiger partial charge is 0.246 e. The highest BCUT2D eigenvalue weighted by atomic mass is 32.2. The van der Waals surface area contributed by atoms with Crippen molar-refractivity contribution in [1.29, 1.82) is 0 Å². The number of carbonyl (C=O) groups is 1. The third-order valence-corrected chi connectivity index (χ3v) is 3.09. The van der Waals surface area contributed by atoms with Gasteiger partial charge in [-0.3, -0.25) is 4.79 Å². The summed E-state index contributed by atoms with van der Waals surface area (Å²) in [6, 6.07) is 7.69. The maximum absolute atomic E-state index is 11.7. The Labute approximate surface area is 93.6 Å². The van der Waals surface area contributed by atoms with Crippen molar-refractivity contribution in [1.82, 2.24) is 0 Å². The summed E-state index contributed by atoms with van der Waals surface area (Å²) in [6.07, 6.45) is 2.91. The highest BCUT2D eigenvalue weighted by molar-refractivity contribution is 7.98. The lowest BCUT2D eigenvalue weighted by Crippen LogP contribution is -2.39. The Morgan fingerprint density at radius 3 is 2.80 bits per heavy atom. The largest absolute Gasteiger partial charge is 0.372 e. The van der Waals surface area contributed by atoms with Crippen LogP contribution >= 0.6 is 11.8 Å². The molecule has 0 bridgehead atoms.